The molecule has 1 atom stereocenters. The Balaban J connectivity index is 1.81. The van der Waals surface area contributed by atoms with E-state index in [1.54, 1.807) is 0 Å². The summed E-state index contributed by atoms with van der Waals surface area (Å²) in [5.41, 5.74) is 0.503. The fourth-order valence-corrected chi connectivity index (χ4v) is 2.77. The van der Waals surface area contributed by atoms with Crippen LogP contribution in [0.3, 0.4) is 0 Å². The number of aryl methyl sites for hydroxylation is 1. The molecule has 2 rings (SSSR count). The molecular weight excluding hydrogens is 278 g/mol. The number of amides is 1. The lowest BCUT2D eigenvalue weighted by Gasteiger charge is -2.27. The third kappa shape index (κ3) is 4.98. The smallest absolute Gasteiger partial charge is 0.222 e. The molecule has 1 saturated heterocycles. The highest BCUT2D eigenvalue weighted by molar-refractivity contribution is 5.77. The molecule has 1 fully saturated rings. The molecule has 0 aromatic carbocycles. The molecule has 122 valence electrons. The summed E-state index contributed by atoms with van der Waals surface area (Å²) >= 11 is 0. The molecule has 0 aliphatic carbocycles. The maximum Gasteiger partial charge on any atom is 0.222 e. The number of aromatic nitrogens is 1. The number of carbonyl (C=O) groups is 1. The highest BCUT2D eigenvalue weighted by Gasteiger charge is 2.27. The minimum absolute atomic E-state index is 0.0875. The summed E-state index contributed by atoms with van der Waals surface area (Å²) in [6, 6.07) is 6.05. The molecule has 0 bridgehead atoms. The molecule has 1 aromatic rings. The van der Waals surface area contributed by atoms with Crippen LogP contribution in [0.25, 0.3) is 0 Å². The number of likely N-dealkylation sites (tertiary alicyclic amines) is 1. The lowest BCUT2D eigenvalue weighted by Crippen LogP contribution is -2.49. The third-order valence-electron chi connectivity index (χ3n) is 4.01. The first kappa shape index (κ1) is 16.7. The first-order valence-corrected chi connectivity index (χ1v) is 7.93. The van der Waals surface area contributed by atoms with Crippen molar-refractivity contribution in [1.29, 1.82) is 0 Å². The topological polar surface area (TPSA) is 54.5 Å². The summed E-state index contributed by atoms with van der Waals surface area (Å²) in [5, 5.41) is 3.07. The Labute approximate surface area is 133 Å². The number of nitrogens with zero attached hydrogens (tertiary/aromatic N) is 2. The largest absolute Gasteiger partial charge is 0.475 e. The van der Waals surface area contributed by atoms with Gasteiger partial charge in [0.2, 0.25) is 11.8 Å². The van der Waals surface area contributed by atoms with E-state index in [-0.39, 0.29) is 5.91 Å². The maximum atomic E-state index is 12.2. The van der Waals surface area contributed by atoms with Gasteiger partial charge < -0.3 is 15.0 Å². The van der Waals surface area contributed by atoms with Crippen molar-refractivity contribution in [3.05, 3.63) is 23.9 Å². The van der Waals surface area contributed by atoms with Crippen molar-refractivity contribution in [1.82, 2.24) is 15.2 Å². The Morgan fingerprint density at radius 1 is 1.50 bits per heavy atom. The average molecular weight is 305 g/mol. The van der Waals surface area contributed by atoms with Gasteiger partial charge in [0, 0.05) is 24.2 Å². The quantitative estimate of drug-likeness (QED) is 0.875. The van der Waals surface area contributed by atoms with Crippen molar-refractivity contribution in [2.45, 2.75) is 51.6 Å². The number of ether oxygens (including phenoxy) is 1. The van der Waals surface area contributed by atoms with Crippen LogP contribution in [0.4, 0.5) is 0 Å². The second kappa shape index (κ2) is 7.09. The van der Waals surface area contributed by atoms with E-state index < -0.39 is 5.54 Å². The van der Waals surface area contributed by atoms with Gasteiger partial charge >= 0.3 is 0 Å². The van der Waals surface area contributed by atoms with Gasteiger partial charge in [-0.05, 0) is 53.3 Å². The van der Waals surface area contributed by atoms with Crippen LogP contribution in [0.5, 0.6) is 5.88 Å². The maximum absolute atomic E-state index is 12.2. The minimum atomic E-state index is -0.417. The van der Waals surface area contributed by atoms with Crippen LogP contribution in [0.15, 0.2) is 18.2 Å². The molecule has 1 aliphatic heterocycles. The second-order valence-corrected chi connectivity index (χ2v) is 6.82. The summed E-state index contributed by atoms with van der Waals surface area (Å²) in [7, 11) is 2.09. The van der Waals surface area contributed by atoms with Gasteiger partial charge in [-0.15, -0.1) is 0 Å². The number of nitrogens with one attached hydrogen (secondary N) is 1. The second-order valence-electron chi connectivity index (χ2n) is 6.82. The molecule has 0 spiro atoms. The molecule has 22 heavy (non-hydrogen) atoms. The van der Waals surface area contributed by atoms with E-state index in [2.05, 4.69) is 22.2 Å². The number of rotatable bonds is 6. The molecule has 1 aromatic heterocycles. The van der Waals surface area contributed by atoms with Crippen LogP contribution in [-0.2, 0) is 4.79 Å². The van der Waals surface area contributed by atoms with Crippen LogP contribution in [0.1, 0.15) is 38.8 Å². The zero-order chi connectivity index (χ0) is 16.2. The molecule has 0 unspecified atom stereocenters. The van der Waals surface area contributed by atoms with Crippen LogP contribution in [-0.4, -0.2) is 47.6 Å². The molecule has 5 nitrogen and oxygen atoms in total. The lowest BCUT2D eigenvalue weighted by atomic mass is 10.1. The van der Waals surface area contributed by atoms with E-state index in [9.17, 15) is 4.79 Å². The summed E-state index contributed by atoms with van der Waals surface area (Å²) in [5.74, 6) is 0.683. The van der Waals surface area contributed by atoms with Gasteiger partial charge in [0.1, 0.15) is 6.61 Å². The van der Waals surface area contributed by atoms with Crippen LogP contribution in [0, 0.1) is 6.92 Å². The molecule has 0 saturated carbocycles. The Morgan fingerprint density at radius 2 is 2.27 bits per heavy atom. The van der Waals surface area contributed by atoms with Crippen molar-refractivity contribution >= 4 is 5.91 Å². The summed E-state index contributed by atoms with van der Waals surface area (Å²) < 4.78 is 5.71. The normalized spacial score (nSPS) is 19.2. The van der Waals surface area contributed by atoms with Crippen LogP contribution < -0.4 is 10.1 Å². The van der Waals surface area contributed by atoms with E-state index in [1.807, 2.05) is 39.0 Å². The number of pyridine rings is 1. The Hall–Kier alpha value is -1.62. The number of hydrogen-bond donors (Lipinski definition) is 1. The first-order chi connectivity index (χ1) is 10.4. The van der Waals surface area contributed by atoms with Crippen molar-refractivity contribution in [2.75, 3.05) is 20.2 Å². The van der Waals surface area contributed by atoms with Gasteiger partial charge in [-0.3, -0.25) is 4.79 Å². The van der Waals surface area contributed by atoms with Gasteiger partial charge in [0.25, 0.3) is 0 Å². The molecule has 1 aliphatic rings. The molecule has 0 radical (unpaired) electrons. The van der Waals surface area contributed by atoms with Crippen molar-refractivity contribution in [2.24, 2.45) is 0 Å². The molecule has 2 heterocycles. The molecular formula is C17H27N3O2. The average Bonchev–Trinajstić information content (AvgIpc) is 2.81. The van der Waals surface area contributed by atoms with Crippen molar-refractivity contribution in [3.8, 4) is 5.88 Å². The summed E-state index contributed by atoms with van der Waals surface area (Å²) in [4.78, 5) is 18.8. The van der Waals surface area contributed by atoms with Crippen LogP contribution in [0.2, 0.25) is 0 Å². The minimum Gasteiger partial charge on any atom is -0.475 e. The number of hydrogen-bond acceptors (Lipinski definition) is 4. The van der Waals surface area contributed by atoms with E-state index in [1.165, 1.54) is 6.42 Å². The van der Waals surface area contributed by atoms with Gasteiger partial charge in [-0.25, -0.2) is 4.98 Å². The highest BCUT2D eigenvalue weighted by atomic mass is 16.5. The van der Waals surface area contributed by atoms with Gasteiger partial charge in [0.15, 0.2) is 0 Å². The standard InChI is InChI=1S/C17H27N3O2/c1-13-7-5-9-16(18-13)22-12-17(2,3)19-15(21)11-14-8-6-10-20(14)4/h5,7,9,14H,6,8,10-12H2,1-4H3,(H,19,21)/t14-/m0/s1. The highest BCUT2D eigenvalue weighted by Crippen LogP contribution is 2.18. The SMILES string of the molecule is Cc1cccc(OCC(C)(C)NC(=O)C[C@@H]2CCCN2C)n1. The Morgan fingerprint density at radius 3 is 2.91 bits per heavy atom. The molecule has 1 N–H and O–H groups in total. The van der Waals surface area contributed by atoms with E-state index in [0.717, 1.165) is 18.7 Å². The zero-order valence-corrected chi connectivity index (χ0v) is 14.1. The molecule has 5 heteroatoms. The van der Waals surface area contributed by atoms with Crippen LogP contribution >= 0.6 is 0 Å². The van der Waals surface area contributed by atoms with E-state index in [0.29, 0.717) is 24.9 Å². The van der Waals surface area contributed by atoms with Crippen molar-refractivity contribution in [3.63, 3.8) is 0 Å². The summed E-state index contributed by atoms with van der Waals surface area (Å²) in [6.45, 7) is 7.36. The molecule has 1 amide bonds. The van der Waals surface area contributed by atoms with Gasteiger partial charge in [0.05, 0.1) is 5.54 Å². The van der Waals surface area contributed by atoms with E-state index in [4.69, 9.17) is 4.74 Å². The third-order valence-corrected chi connectivity index (χ3v) is 4.01. The summed E-state index contributed by atoms with van der Waals surface area (Å²) in [6.07, 6.45) is 2.84. The lowest BCUT2D eigenvalue weighted by molar-refractivity contribution is -0.124. The predicted octanol–water partition coefficient (Wildman–Crippen LogP) is 2.15. The monoisotopic (exact) mass is 305 g/mol. The zero-order valence-electron chi connectivity index (χ0n) is 14.1. The fraction of sp³-hybridized carbons (Fsp3) is 0.647. The Kier molecular flexibility index (Phi) is 5.40. The van der Waals surface area contributed by atoms with E-state index >= 15 is 0 Å². The number of carbonyl (C=O) groups excluding carboxylic acids is 1. The first-order valence-electron chi connectivity index (χ1n) is 7.93. The van der Waals surface area contributed by atoms with Crippen molar-refractivity contribution < 1.29 is 9.53 Å². The fourth-order valence-electron chi connectivity index (χ4n) is 2.77. The predicted molar refractivity (Wildman–Crippen MR) is 87.0 cm³/mol. The van der Waals surface area contributed by atoms with Gasteiger partial charge in [-0.2, -0.15) is 0 Å². The van der Waals surface area contributed by atoms with Gasteiger partial charge in [-0.1, -0.05) is 6.07 Å². The Bertz CT molecular complexity index is 516.